The Morgan fingerprint density at radius 3 is 1.84 bits per heavy atom. The second-order valence-electron chi connectivity index (χ2n) is 7.74. The summed E-state index contributed by atoms with van der Waals surface area (Å²) in [5, 5.41) is 15.5. The second-order valence-corrected chi connectivity index (χ2v) is 8.17. The molecule has 0 aliphatic rings. The minimum Gasteiger partial charge on any atom is -0.473 e. The van der Waals surface area contributed by atoms with Crippen LogP contribution < -0.4 is 4.74 Å². The Morgan fingerprint density at radius 2 is 1.44 bits per heavy atom. The molecule has 2 N–H and O–H groups in total. The van der Waals surface area contributed by atoms with Crippen molar-refractivity contribution in [3.8, 4) is 16.9 Å². The molecule has 32 heavy (non-hydrogen) atoms. The van der Waals surface area contributed by atoms with Crippen LogP contribution in [0.5, 0.6) is 5.75 Å². The molecule has 0 bridgehead atoms. The number of carbonyl (C=O) groups is 3. The Morgan fingerprint density at radius 1 is 0.938 bits per heavy atom. The SMILES string of the molecule is CC(C)(C)C(=O)C(Oc1ccc(-c2ccc(Cl)cc2)cc1)n1ccnc1.O=C(O)C(=O)O. The van der Waals surface area contributed by atoms with Gasteiger partial charge in [-0.25, -0.2) is 14.6 Å². The maximum absolute atomic E-state index is 12.8. The first-order valence-electron chi connectivity index (χ1n) is 9.49. The highest BCUT2D eigenvalue weighted by atomic mass is 35.5. The molecule has 8 nitrogen and oxygen atoms in total. The fraction of sp³-hybridized carbons (Fsp3) is 0.217. The Balaban J connectivity index is 0.000000534. The van der Waals surface area contributed by atoms with Gasteiger partial charge < -0.3 is 14.9 Å². The van der Waals surface area contributed by atoms with E-state index in [1.807, 2.05) is 69.3 Å². The molecule has 0 aliphatic heterocycles. The normalized spacial score (nSPS) is 11.6. The molecule has 1 unspecified atom stereocenters. The number of hydrogen-bond donors (Lipinski definition) is 2. The van der Waals surface area contributed by atoms with Crippen LogP contribution in [0.15, 0.2) is 67.3 Å². The molecule has 168 valence electrons. The number of imidazole rings is 1. The van der Waals surface area contributed by atoms with Crippen molar-refractivity contribution in [1.82, 2.24) is 9.55 Å². The Hall–Kier alpha value is -3.65. The van der Waals surface area contributed by atoms with Crippen LogP contribution in [-0.2, 0) is 14.4 Å². The maximum atomic E-state index is 12.8. The molecule has 3 aromatic rings. The predicted molar refractivity (Wildman–Crippen MR) is 119 cm³/mol. The average Bonchev–Trinajstić information content (AvgIpc) is 3.27. The van der Waals surface area contributed by atoms with Crippen molar-refractivity contribution >= 4 is 29.3 Å². The van der Waals surface area contributed by atoms with E-state index in [9.17, 15) is 4.79 Å². The summed E-state index contributed by atoms with van der Waals surface area (Å²) in [4.78, 5) is 35.0. The molecule has 1 aromatic heterocycles. The van der Waals surface area contributed by atoms with Gasteiger partial charge >= 0.3 is 11.9 Å². The summed E-state index contributed by atoms with van der Waals surface area (Å²) in [6, 6.07) is 15.3. The monoisotopic (exact) mass is 458 g/mol. The molecule has 0 saturated heterocycles. The van der Waals surface area contributed by atoms with Crippen LogP contribution in [-0.4, -0.2) is 37.5 Å². The van der Waals surface area contributed by atoms with Gasteiger partial charge in [-0.2, -0.15) is 0 Å². The van der Waals surface area contributed by atoms with Crippen LogP contribution in [0.1, 0.15) is 27.0 Å². The zero-order chi connectivity index (χ0) is 23.9. The van der Waals surface area contributed by atoms with E-state index in [1.165, 1.54) is 0 Å². The van der Waals surface area contributed by atoms with Crippen molar-refractivity contribution in [2.24, 2.45) is 5.41 Å². The molecular formula is C23H23ClN2O6. The standard InChI is InChI=1S/C21H21ClN2O2.C2H2O4/c1-21(2,3)19(25)20(24-13-12-23-14-24)26-18-10-6-16(7-11-18)15-4-8-17(22)9-5-15;3-1(4)2(5)6/h4-14,20H,1-3H3;(H,3,4)(H,5,6). The number of nitrogens with zero attached hydrogens (tertiary/aromatic N) is 2. The molecule has 1 heterocycles. The molecule has 0 spiro atoms. The van der Waals surface area contributed by atoms with Crippen molar-refractivity contribution in [1.29, 1.82) is 0 Å². The third-order valence-electron chi connectivity index (χ3n) is 4.22. The van der Waals surface area contributed by atoms with Crippen molar-refractivity contribution in [3.05, 3.63) is 72.3 Å². The molecule has 2 aromatic carbocycles. The first-order valence-corrected chi connectivity index (χ1v) is 9.87. The van der Waals surface area contributed by atoms with E-state index in [2.05, 4.69) is 4.98 Å². The van der Waals surface area contributed by atoms with Gasteiger partial charge in [-0.05, 0) is 35.4 Å². The number of halogens is 1. The number of hydrogen-bond acceptors (Lipinski definition) is 5. The van der Waals surface area contributed by atoms with E-state index in [0.717, 1.165) is 11.1 Å². The third kappa shape index (κ3) is 6.95. The van der Waals surface area contributed by atoms with Crippen LogP contribution in [0.3, 0.4) is 0 Å². The topological polar surface area (TPSA) is 119 Å². The lowest BCUT2D eigenvalue weighted by Gasteiger charge is -2.26. The molecular weight excluding hydrogens is 436 g/mol. The number of ketones is 1. The summed E-state index contributed by atoms with van der Waals surface area (Å²) in [7, 11) is 0. The van der Waals surface area contributed by atoms with Gasteiger partial charge in [-0.15, -0.1) is 0 Å². The molecule has 9 heteroatoms. The second kappa shape index (κ2) is 10.6. The van der Waals surface area contributed by atoms with E-state index < -0.39 is 23.6 Å². The summed E-state index contributed by atoms with van der Waals surface area (Å²) < 4.78 is 7.69. The molecule has 3 rings (SSSR count). The van der Waals surface area contributed by atoms with Gasteiger partial charge in [0.1, 0.15) is 5.75 Å². The quantitative estimate of drug-likeness (QED) is 0.538. The van der Waals surface area contributed by atoms with Gasteiger partial charge in [0.15, 0.2) is 5.78 Å². The van der Waals surface area contributed by atoms with Gasteiger partial charge in [0.05, 0.1) is 6.33 Å². The summed E-state index contributed by atoms with van der Waals surface area (Å²) in [6.07, 6.45) is 4.21. The molecule has 0 radical (unpaired) electrons. The first-order chi connectivity index (χ1) is 15.0. The molecule has 0 amide bonds. The molecule has 1 atom stereocenters. The fourth-order valence-electron chi connectivity index (χ4n) is 2.53. The summed E-state index contributed by atoms with van der Waals surface area (Å²) >= 11 is 5.94. The van der Waals surface area contributed by atoms with Crippen LogP contribution in [0.2, 0.25) is 5.02 Å². The highest BCUT2D eigenvalue weighted by Crippen LogP contribution is 2.29. The smallest absolute Gasteiger partial charge is 0.414 e. The van der Waals surface area contributed by atoms with Crippen molar-refractivity contribution < 1.29 is 29.3 Å². The number of carboxylic acids is 2. The maximum Gasteiger partial charge on any atom is 0.414 e. The highest BCUT2D eigenvalue weighted by molar-refractivity contribution is 6.30. The number of carbonyl (C=O) groups excluding carboxylic acids is 1. The van der Waals surface area contributed by atoms with Crippen molar-refractivity contribution in [3.63, 3.8) is 0 Å². The molecule has 0 fully saturated rings. The largest absolute Gasteiger partial charge is 0.473 e. The number of aliphatic carboxylic acids is 2. The lowest BCUT2D eigenvalue weighted by molar-refractivity contribution is -0.159. The molecule has 0 aliphatic carbocycles. The van der Waals surface area contributed by atoms with E-state index in [4.69, 9.17) is 36.1 Å². The van der Waals surface area contributed by atoms with Gasteiger partial charge in [-0.1, -0.05) is 56.6 Å². The summed E-state index contributed by atoms with van der Waals surface area (Å²) in [6.45, 7) is 5.64. The lowest BCUT2D eigenvalue weighted by atomic mass is 9.89. The van der Waals surface area contributed by atoms with E-state index >= 15 is 0 Å². The van der Waals surface area contributed by atoms with Crippen molar-refractivity contribution in [2.75, 3.05) is 0 Å². The van der Waals surface area contributed by atoms with E-state index in [0.29, 0.717) is 10.8 Å². The highest BCUT2D eigenvalue weighted by Gasteiger charge is 2.32. The zero-order valence-electron chi connectivity index (χ0n) is 17.7. The predicted octanol–water partition coefficient (Wildman–Crippen LogP) is 4.55. The minimum absolute atomic E-state index is 0.0164. The van der Waals surface area contributed by atoms with Crippen LogP contribution in [0, 0.1) is 5.41 Å². The van der Waals surface area contributed by atoms with Crippen molar-refractivity contribution in [2.45, 2.75) is 27.0 Å². The van der Waals surface area contributed by atoms with Crippen LogP contribution in [0.25, 0.3) is 11.1 Å². The van der Waals surface area contributed by atoms with Gasteiger partial charge in [0.25, 0.3) is 0 Å². The molecule has 0 saturated carbocycles. The minimum atomic E-state index is -1.82. The zero-order valence-corrected chi connectivity index (χ0v) is 18.5. The Labute approximate surface area is 190 Å². The van der Waals surface area contributed by atoms with Gasteiger partial charge in [0.2, 0.25) is 6.23 Å². The number of aromatic nitrogens is 2. The summed E-state index contributed by atoms with van der Waals surface area (Å²) in [5.74, 6) is -3.04. The van der Waals surface area contributed by atoms with Gasteiger partial charge in [0, 0.05) is 22.8 Å². The number of ether oxygens (including phenoxy) is 1. The third-order valence-corrected chi connectivity index (χ3v) is 4.47. The number of rotatable bonds is 5. The fourth-order valence-corrected chi connectivity index (χ4v) is 2.65. The van der Waals surface area contributed by atoms with Gasteiger partial charge in [-0.3, -0.25) is 9.36 Å². The van der Waals surface area contributed by atoms with Crippen LogP contribution in [0.4, 0.5) is 0 Å². The first kappa shape index (κ1) is 24.6. The number of Topliss-reactive ketones (excluding diaryl/α,β-unsaturated/α-hetero) is 1. The average molecular weight is 459 g/mol. The van der Waals surface area contributed by atoms with E-state index in [-0.39, 0.29) is 5.78 Å². The Kier molecular flexibility index (Phi) is 8.15. The summed E-state index contributed by atoms with van der Waals surface area (Å²) in [5.41, 5.74) is 1.59. The van der Waals surface area contributed by atoms with Crippen LogP contribution >= 0.6 is 11.6 Å². The number of benzene rings is 2. The van der Waals surface area contributed by atoms with E-state index in [1.54, 1.807) is 23.3 Å². The number of carboxylic acid groups (broad SMARTS) is 2. The lowest BCUT2D eigenvalue weighted by Crippen LogP contribution is -2.33. The Bertz CT molecular complexity index is 1040.